The number of rotatable bonds is 7. The predicted molar refractivity (Wildman–Crippen MR) is 159 cm³/mol. The molecule has 202 valence electrons. The summed E-state index contributed by atoms with van der Waals surface area (Å²) in [5.41, 5.74) is 6.67. The van der Waals surface area contributed by atoms with Crippen molar-refractivity contribution in [3.8, 4) is 11.1 Å². The van der Waals surface area contributed by atoms with Crippen LogP contribution in [0.1, 0.15) is 28.8 Å². The zero-order chi connectivity index (χ0) is 27.1. The summed E-state index contributed by atoms with van der Waals surface area (Å²) < 4.78 is 6.45. The van der Waals surface area contributed by atoms with Gasteiger partial charge in [0.15, 0.2) is 5.13 Å². The second-order valence-corrected chi connectivity index (χ2v) is 11.4. The Bertz CT molecular complexity index is 1710. The summed E-state index contributed by atoms with van der Waals surface area (Å²) in [6.07, 6.45) is 3.70. The van der Waals surface area contributed by atoms with Gasteiger partial charge in [-0.2, -0.15) is 0 Å². The molecule has 3 heterocycles. The molecule has 0 atom stereocenters. The zero-order valence-electron chi connectivity index (χ0n) is 21.9. The van der Waals surface area contributed by atoms with Crippen LogP contribution in [0.15, 0.2) is 66.9 Å². The summed E-state index contributed by atoms with van der Waals surface area (Å²) in [7, 11) is 0. The maximum Gasteiger partial charge on any atom is 0.253 e. The Morgan fingerprint density at radius 1 is 1.00 bits per heavy atom. The number of hydrogen-bond donors (Lipinski definition) is 3. The van der Waals surface area contributed by atoms with Crippen LogP contribution >= 0.6 is 11.3 Å². The highest BCUT2D eigenvalue weighted by atomic mass is 32.1. The van der Waals surface area contributed by atoms with Crippen molar-refractivity contribution in [2.45, 2.75) is 19.4 Å². The van der Waals surface area contributed by atoms with Crippen molar-refractivity contribution in [1.29, 1.82) is 0 Å². The molecule has 0 bridgehead atoms. The molecule has 8 nitrogen and oxygen atoms in total. The van der Waals surface area contributed by atoms with E-state index in [1.165, 1.54) is 17.0 Å². The molecular formula is C31H29N5O3S. The molecule has 2 fully saturated rings. The van der Waals surface area contributed by atoms with Gasteiger partial charge in [0.25, 0.3) is 5.91 Å². The number of fused-ring (bicyclic) bond motifs is 2. The zero-order valence-corrected chi connectivity index (χ0v) is 22.7. The number of carbonyl (C=O) groups excluding carboxylic acids is 2. The lowest BCUT2D eigenvalue weighted by Crippen LogP contribution is -2.36. The standard InChI is InChI=1S/C31H29N5O3S/c37-29(20-3-4-20)35-31-34-27-10-6-22(16-28(27)40-31)21-5-9-26-24(15-21)25(18-32-26)30(38)33-17-19-1-7-23(8-2-19)36-11-13-39-14-12-36/h1-2,5-10,15-16,18,20,32H,3-4,11-14,17H2,(H,33,38)(H,34,35,37). The second kappa shape index (κ2) is 10.4. The van der Waals surface area contributed by atoms with Crippen molar-refractivity contribution in [2.75, 3.05) is 36.5 Å². The van der Waals surface area contributed by atoms with Crippen molar-refractivity contribution >= 4 is 55.1 Å². The number of anilines is 2. The van der Waals surface area contributed by atoms with Gasteiger partial charge in [-0.15, -0.1) is 0 Å². The van der Waals surface area contributed by atoms with E-state index in [0.717, 1.165) is 77.0 Å². The minimum atomic E-state index is -0.116. The molecule has 0 radical (unpaired) electrons. The Balaban J connectivity index is 1.06. The van der Waals surface area contributed by atoms with E-state index >= 15 is 0 Å². The number of ether oxygens (including phenoxy) is 1. The molecule has 2 aliphatic rings. The van der Waals surface area contributed by atoms with Crippen LogP contribution in [-0.2, 0) is 16.1 Å². The highest BCUT2D eigenvalue weighted by Gasteiger charge is 2.30. The maximum atomic E-state index is 13.2. The third-order valence-corrected chi connectivity index (χ3v) is 8.53. The van der Waals surface area contributed by atoms with Gasteiger partial charge < -0.3 is 25.3 Å². The minimum absolute atomic E-state index is 0.0630. The first kappa shape index (κ1) is 24.8. The molecule has 0 unspecified atom stereocenters. The number of hydrogen-bond acceptors (Lipinski definition) is 6. The molecule has 9 heteroatoms. The van der Waals surface area contributed by atoms with Crippen LogP contribution in [0.25, 0.3) is 32.2 Å². The van der Waals surface area contributed by atoms with Crippen molar-refractivity contribution in [3.63, 3.8) is 0 Å². The Hall–Kier alpha value is -4.21. The van der Waals surface area contributed by atoms with Gasteiger partial charge in [-0.3, -0.25) is 9.59 Å². The molecule has 40 heavy (non-hydrogen) atoms. The molecule has 2 aromatic heterocycles. The van der Waals surface area contributed by atoms with Gasteiger partial charge in [-0.25, -0.2) is 4.98 Å². The molecule has 0 spiro atoms. The first-order valence-electron chi connectivity index (χ1n) is 13.6. The fourth-order valence-corrected chi connectivity index (χ4v) is 6.03. The number of nitrogens with one attached hydrogen (secondary N) is 3. The highest BCUT2D eigenvalue weighted by Crippen LogP contribution is 2.34. The van der Waals surface area contributed by atoms with Gasteiger partial charge in [0.2, 0.25) is 5.91 Å². The lowest BCUT2D eigenvalue weighted by molar-refractivity contribution is -0.117. The van der Waals surface area contributed by atoms with Gasteiger partial charge >= 0.3 is 0 Å². The minimum Gasteiger partial charge on any atom is -0.378 e. The van der Waals surface area contributed by atoms with Crippen LogP contribution in [-0.4, -0.2) is 48.1 Å². The molecule has 3 N–H and O–H groups in total. The first-order chi connectivity index (χ1) is 19.6. The van der Waals surface area contributed by atoms with Crippen LogP contribution in [0.4, 0.5) is 10.8 Å². The summed E-state index contributed by atoms with van der Waals surface area (Å²) in [6.45, 7) is 3.76. The van der Waals surface area contributed by atoms with Crippen LogP contribution in [0.2, 0.25) is 0 Å². The Morgan fingerprint density at radius 2 is 1.77 bits per heavy atom. The third kappa shape index (κ3) is 5.05. The molecule has 3 aromatic carbocycles. The molecule has 7 rings (SSSR count). The number of benzene rings is 3. The number of thiazole rings is 1. The first-order valence-corrected chi connectivity index (χ1v) is 14.5. The van der Waals surface area contributed by atoms with Crippen molar-refractivity contribution in [1.82, 2.24) is 15.3 Å². The van der Waals surface area contributed by atoms with Gasteiger partial charge in [-0.05, 0) is 65.9 Å². The van der Waals surface area contributed by atoms with Crippen LogP contribution in [0.5, 0.6) is 0 Å². The van der Waals surface area contributed by atoms with E-state index < -0.39 is 0 Å². The molecule has 1 aliphatic carbocycles. The van der Waals surface area contributed by atoms with Crippen molar-refractivity contribution in [3.05, 3.63) is 78.0 Å². The lowest BCUT2D eigenvalue weighted by atomic mass is 10.0. The van der Waals surface area contributed by atoms with E-state index in [2.05, 4.69) is 68.0 Å². The number of nitrogens with zero attached hydrogens (tertiary/aromatic N) is 2. The highest BCUT2D eigenvalue weighted by molar-refractivity contribution is 7.22. The quantitative estimate of drug-likeness (QED) is 0.246. The molecule has 1 aliphatic heterocycles. The Morgan fingerprint density at radius 3 is 2.58 bits per heavy atom. The SMILES string of the molecule is O=C(NCc1ccc(N2CCOCC2)cc1)c1c[nH]c2ccc(-c3ccc4nc(NC(=O)C5CC5)sc4c3)cc12. The number of aromatic amines is 1. The van der Waals surface area contributed by atoms with E-state index in [4.69, 9.17) is 4.74 Å². The maximum absolute atomic E-state index is 13.2. The number of carbonyl (C=O) groups is 2. The largest absolute Gasteiger partial charge is 0.378 e. The molecule has 5 aromatic rings. The topological polar surface area (TPSA) is 99.3 Å². The number of H-pyrrole nitrogens is 1. The molecular weight excluding hydrogens is 522 g/mol. The summed E-state index contributed by atoms with van der Waals surface area (Å²) >= 11 is 1.48. The summed E-state index contributed by atoms with van der Waals surface area (Å²) in [5, 5.41) is 7.53. The van der Waals surface area contributed by atoms with Crippen LogP contribution < -0.4 is 15.5 Å². The van der Waals surface area contributed by atoms with E-state index in [1.807, 2.05) is 18.2 Å². The van der Waals surface area contributed by atoms with Crippen LogP contribution in [0, 0.1) is 5.92 Å². The van der Waals surface area contributed by atoms with E-state index in [1.54, 1.807) is 6.20 Å². The average molecular weight is 552 g/mol. The van der Waals surface area contributed by atoms with Crippen molar-refractivity contribution in [2.24, 2.45) is 5.92 Å². The number of morpholine rings is 1. The molecule has 1 saturated heterocycles. The van der Waals surface area contributed by atoms with E-state index in [-0.39, 0.29) is 17.7 Å². The average Bonchev–Trinajstić information content (AvgIpc) is 3.64. The molecule has 2 amide bonds. The van der Waals surface area contributed by atoms with Gasteiger partial charge in [0.1, 0.15) is 0 Å². The second-order valence-electron chi connectivity index (χ2n) is 10.4. The van der Waals surface area contributed by atoms with Gasteiger partial charge in [-0.1, -0.05) is 35.6 Å². The fourth-order valence-electron chi connectivity index (χ4n) is 5.12. The van der Waals surface area contributed by atoms with E-state index in [0.29, 0.717) is 17.2 Å². The third-order valence-electron chi connectivity index (χ3n) is 7.59. The molecule has 1 saturated carbocycles. The van der Waals surface area contributed by atoms with Crippen LogP contribution in [0.3, 0.4) is 0 Å². The predicted octanol–water partition coefficient (Wildman–Crippen LogP) is 5.56. The number of aromatic nitrogens is 2. The Labute approximate surface area is 235 Å². The van der Waals surface area contributed by atoms with E-state index in [9.17, 15) is 9.59 Å². The van der Waals surface area contributed by atoms with Crippen molar-refractivity contribution < 1.29 is 14.3 Å². The van der Waals surface area contributed by atoms with Gasteiger partial charge in [0.05, 0.1) is 29.0 Å². The lowest BCUT2D eigenvalue weighted by Gasteiger charge is -2.28. The normalized spacial score (nSPS) is 15.4. The fraction of sp³-hybridized carbons (Fsp3) is 0.258. The monoisotopic (exact) mass is 551 g/mol. The summed E-state index contributed by atoms with van der Waals surface area (Å²) in [5.74, 6) is 0.0885. The summed E-state index contributed by atoms with van der Waals surface area (Å²) in [6, 6.07) is 20.6. The summed E-state index contributed by atoms with van der Waals surface area (Å²) in [4.78, 5) is 35.4. The van der Waals surface area contributed by atoms with Gasteiger partial charge in [0, 0.05) is 48.3 Å². The Kier molecular flexibility index (Phi) is 6.45. The number of amides is 2. The smallest absolute Gasteiger partial charge is 0.253 e.